The molecule has 2 heterocycles. The van der Waals surface area contributed by atoms with Crippen LogP contribution in [0.25, 0.3) is 0 Å². The van der Waals surface area contributed by atoms with Crippen LogP contribution in [-0.4, -0.2) is 56.8 Å². The lowest BCUT2D eigenvalue weighted by molar-refractivity contribution is 0.0656. The highest BCUT2D eigenvalue weighted by Crippen LogP contribution is 2.20. The number of carboxylic acid groups (broad SMARTS) is 1. The van der Waals surface area contributed by atoms with Crippen LogP contribution < -0.4 is 0 Å². The first kappa shape index (κ1) is 15.0. The number of hydrogen-bond donors (Lipinski definition) is 1. The lowest BCUT2D eigenvalue weighted by Gasteiger charge is -2.17. The van der Waals surface area contributed by atoms with Crippen LogP contribution in [0.4, 0.5) is 0 Å². The molecular formula is C10H13NO7S2. The number of nitrogens with zero attached hydrogens (tertiary/aromatic N) is 1. The first-order chi connectivity index (χ1) is 9.22. The molecule has 1 saturated heterocycles. The van der Waals surface area contributed by atoms with Gasteiger partial charge in [-0.1, -0.05) is 0 Å². The van der Waals surface area contributed by atoms with Gasteiger partial charge in [0.15, 0.2) is 9.84 Å². The quantitative estimate of drug-likeness (QED) is 0.816. The molecule has 10 heteroatoms. The van der Waals surface area contributed by atoms with Gasteiger partial charge in [0.25, 0.3) is 10.0 Å². The maximum atomic E-state index is 12.2. The van der Waals surface area contributed by atoms with Crippen LogP contribution in [0.5, 0.6) is 0 Å². The second kappa shape index (κ2) is 5.19. The van der Waals surface area contributed by atoms with Crippen LogP contribution in [0.15, 0.2) is 21.6 Å². The van der Waals surface area contributed by atoms with E-state index in [4.69, 9.17) is 9.52 Å². The van der Waals surface area contributed by atoms with E-state index in [9.17, 15) is 21.6 Å². The van der Waals surface area contributed by atoms with Gasteiger partial charge in [-0.3, -0.25) is 0 Å². The highest BCUT2D eigenvalue weighted by Gasteiger charge is 2.31. The van der Waals surface area contributed by atoms with Crippen molar-refractivity contribution in [1.82, 2.24) is 4.31 Å². The van der Waals surface area contributed by atoms with Gasteiger partial charge >= 0.3 is 5.97 Å². The van der Waals surface area contributed by atoms with Crippen molar-refractivity contribution < 1.29 is 31.2 Å². The number of carboxylic acids is 1. The van der Waals surface area contributed by atoms with E-state index in [1.165, 1.54) is 0 Å². The Morgan fingerprint density at radius 1 is 1.25 bits per heavy atom. The average Bonchev–Trinajstić information content (AvgIpc) is 2.76. The third kappa shape index (κ3) is 3.02. The fourth-order valence-electron chi connectivity index (χ4n) is 1.86. The van der Waals surface area contributed by atoms with Crippen molar-refractivity contribution in [2.45, 2.75) is 11.5 Å². The van der Waals surface area contributed by atoms with Gasteiger partial charge < -0.3 is 9.52 Å². The fourth-order valence-corrected chi connectivity index (χ4v) is 4.63. The first-order valence-corrected chi connectivity index (χ1v) is 9.02. The lowest BCUT2D eigenvalue weighted by Crippen LogP contribution is -2.33. The first-order valence-electron chi connectivity index (χ1n) is 5.76. The zero-order chi connectivity index (χ0) is 15.0. The number of carbonyl (C=O) groups is 1. The molecule has 0 spiro atoms. The van der Waals surface area contributed by atoms with Gasteiger partial charge in [0.2, 0.25) is 10.9 Å². The van der Waals surface area contributed by atoms with E-state index in [1.807, 2.05) is 0 Å². The third-order valence-electron chi connectivity index (χ3n) is 2.90. The molecule has 0 radical (unpaired) electrons. The Hall–Kier alpha value is -1.39. The van der Waals surface area contributed by atoms with Crippen molar-refractivity contribution in [1.29, 1.82) is 0 Å². The Labute approximate surface area is 116 Å². The molecule has 1 aromatic heterocycles. The molecule has 0 bridgehead atoms. The van der Waals surface area contributed by atoms with Gasteiger partial charge in [0, 0.05) is 13.1 Å². The van der Waals surface area contributed by atoms with Crippen LogP contribution in [-0.2, 0) is 19.9 Å². The van der Waals surface area contributed by atoms with E-state index >= 15 is 0 Å². The van der Waals surface area contributed by atoms with Gasteiger partial charge in [-0.05, 0) is 18.6 Å². The molecule has 8 nitrogen and oxygen atoms in total. The highest BCUT2D eigenvalue weighted by atomic mass is 32.2. The molecule has 0 atom stereocenters. The normalized spacial score (nSPS) is 20.4. The SMILES string of the molecule is O=C(O)c1ccc(S(=O)(=O)N2CCCS(=O)(=O)CC2)o1. The molecule has 20 heavy (non-hydrogen) atoms. The zero-order valence-corrected chi connectivity index (χ0v) is 12.0. The second-order valence-electron chi connectivity index (χ2n) is 4.33. The molecule has 2 rings (SSSR count). The molecule has 0 unspecified atom stereocenters. The van der Waals surface area contributed by atoms with Crippen molar-refractivity contribution >= 4 is 25.8 Å². The topological polar surface area (TPSA) is 122 Å². The molecule has 0 amide bonds. The van der Waals surface area contributed by atoms with Crippen molar-refractivity contribution in [3.05, 3.63) is 17.9 Å². The van der Waals surface area contributed by atoms with E-state index in [0.717, 1.165) is 16.4 Å². The van der Waals surface area contributed by atoms with Gasteiger partial charge in [-0.2, -0.15) is 4.31 Å². The molecule has 112 valence electrons. The number of furan rings is 1. The Morgan fingerprint density at radius 3 is 2.55 bits per heavy atom. The standard InChI is InChI=1S/C10H13NO7S2/c12-10(13)8-2-3-9(18-8)20(16,17)11-4-1-6-19(14,15)7-5-11/h2-3H,1,4-7H2,(H,12,13). The van der Waals surface area contributed by atoms with Gasteiger partial charge in [-0.25, -0.2) is 21.6 Å². The molecule has 1 fully saturated rings. The van der Waals surface area contributed by atoms with E-state index in [1.54, 1.807) is 0 Å². The predicted molar refractivity (Wildman–Crippen MR) is 67.7 cm³/mol. The minimum atomic E-state index is -4.01. The Bertz CT molecular complexity index is 717. The maximum absolute atomic E-state index is 12.2. The van der Waals surface area contributed by atoms with Crippen LogP contribution in [0.2, 0.25) is 0 Å². The molecule has 0 saturated carbocycles. The minimum Gasteiger partial charge on any atom is -0.475 e. The summed E-state index contributed by atoms with van der Waals surface area (Å²) in [5.74, 6) is -2.16. The highest BCUT2D eigenvalue weighted by molar-refractivity contribution is 7.91. The summed E-state index contributed by atoms with van der Waals surface area (Å²) in [6.45, 7) is -0.0988. The predicted octanol–water partition coefficient (Wildman–Crippen LogP) is -0.213. The summed E-state index contributed by atoms with van der Waals surface area (Å²) in [5, 5.41) is 8.21. The third-order valence-corrected chi connectivity index (χ3v) is 6.39. The number of hydrogen-bond acceptors (Lipinski definition) is 6. The molecule has 1 aromatic rings. The molecule has 0 aliphatic carbocycles. The molecular weight excluding hydrogens is 310 g/mol. The van der Waals surface area contributed by atoms with Gasteiger partial charge in [-0.15, -0.1) is 0 Å². The Balaban J connectivity index is 2.27. The zero-order valence-electron chi connectivity index (χ0n) is 10.4. The van der Waals surface area contributed by atoms with Crippen molar-refractivity contribution in [3.8, 4) is 0 Å². The number of sulfonamides is 1. The monoisotopic (exact) mass is 323 g/mol. The van der Waals surface area contributed by atoms with Crippen LogP contribution in [0.1, 0.15) is 17.0 Å². The number of rotatable bonds is 3. The molecule has 1 N–H and O–H groups in total. The summed E-state index contributed by atoms with van der Waals surface area (Å²) in [6, 6.07) is 2.10. The summed E-state index contributed by atoms with van der Waals surface area (Å²) in [7, 11) is -7.24. The van der Waals surface area contributed by atoms with Crippen molar-refractivity contribution in [2.75, 3.05) is 24.6 Å². The van der Waals surface area contributed by atoms with E-state index in [0.29, 0.717) is 0 Å². The van der Waals surface area contributed by atoms with Crippen LogP contribution in [0, 0.1) is 0 Å². The van der Waals surface area contributed by atoms with Gasteiger partial charge in [0.1, 0.15) is 0 Å². The molecule has 0 aromatic carbocycles. The number of aromatic carboxylic acids is 1. The summed E-state index contributed by atoms with van der Waals surface area (Å²) in [5.41, 5.74) is 0. The minimum absolute atomic E-state index is 0.0580. The maximum Gasteiger partial charge on any atom is 0.371 e. The average molecular weight is 323 g/mol. The Morgan fingerprint density at radius 2 is 1.95 bits per heavy atom. The second-order valence-corrected chi connectivity index (χ2v) is 8.51. The number of sulfone groups is 1. The fraction of sp³-hybridized carbons (Fsp3) is 0.500. The largest absolute Gasteiger partial charge is 0.475 e. The summed E-state index contributed by atoms with van der Waals surface area (Å²) in [6.07, 6.45) is 0.202. The van der Waals surface area contributed by atoms with E-state index in [2.05, 4.69) is 0 Å². The summed E-state index contributed by atoms with van der Waals surface area (Å²) >= 11 is 0. The molecule has 1 aliphatic rings. The van der Waals surface area contributed by atoms with E-state index in [-0.39, 0.29) is 31.0 Å². The lowest BCUT2D eigenvalue weighted by atomic mass is 10.5. The van der Waals surface area contributed by atoms with Crippen LogP contribution in [0.3, 0.4) is 0 Å². The molecule has 1 aliphatic heterocycles. The van der Waals surface area contributed by atoms with Gasteiger partial charge in [0.05, 0.1) is 11.5 Å². The Kier molecular flexibility index (Phi) is 3.89. The summed E-state index contributed by atoms with van der Waals surface area (Å²) in [4.78, 5) is 10.7. The summed E-state index contributed by atoms with van der Waals surface area (Å²) < 4.78 is 53.1. The van der Waals surface area contributed by atoms with Crippen LogP contribution >= 0.6 is 0 Å². The van der Waals surface area contributed by atoms with Crippen molar-refractivity contribution in [2.24, 2.45) is 0 Å². The van der Waals surface area contributed by atoms with E-state index < -0.39 is 36.7 Å². The smallest absolute Gasteiger partial charge is 0.371 e. The van der Waals surface area contributed by atoms with Crippen molar-refractivity contribution in [3.63, 3.8) is 0 Å².